The molecule has 6 heteroatoms. The Labute approximate surface area is 123 Å². The second-order valence-corrected chi connectivity index (χ2v) is 5.85. The number of hydrogen-bond donors (Lipinski definition) is 3. The van der Waals surface area contributed by atoms with Crippen LogP contribution in [0, 0.1) is 5.92 Å². The van der Waals surface area contributed by atoms with E-state index < -0.39 is 5.92 Å². The molecule has 4 N–H and O–H groups in total. The number of urea groups is 1. The summed E-state index contributed by atoms with van der Waals surface area (Å²) in [6, 6.07) is 9.30. The number of benzene rings is 1. The molecule has 0 aromatic heterocycles. The minimum atomic E-state index is -0.450. The van der Waals surface area contributed by atoms with Crippen molar-refractivity contribution in [2.75, 3.05) is 7.05 Å². The Kier molecular flexibility index (Phi) is 3.43. The highest BCUT2D eigenvalue weighted by atomic mass is 16.2. The first-order valence-electron chi connectivity index (χ1n) is 7.15. The lowest BCUT2D eigenvalue weighted by atomic mass is 9.74. The fraction of sp³-hybridized carbons (Fsp3) is 0.467. The minimum absolute atomic E-state index is 0.0276. The summed E-state index contributed by atoms with van der Waals surface area (Å²) in [7, 11) is 1.68. The van der Waals surface area contributed by atoms with Crippen LogP contribution in [0.2, 0.25) is 0 Å². The Morgan fingerprint density at radius 2 is 1.81 bits per heavy atom. The summed E-state index contributed by atoms with van der Waals surface area (Å²) < 4.78 is 0. The number of rotatable bonds is 1. The Morgan fingerprint density at radius 3 is 2.48 bits per heavy atom. The van der Waals surface area contributed by atoms with Crippen LogP contribution in [0.15, 0.2) is 30.3 Å². The first-order chi connectivity index (χ1) is 10.0. The molecule has 0 spiro atoms. The zero-order chi connectivity index (χ0) is 15.1. The van der Waals surface area contributed by atoms with E-state index in [1.807, 2.05) is 37.3 Å². The van der Waals surface area contributed by atoms with Gasteiger partial charge in [-0.25, -0.2) is 4.79 Å². The summed E-state index contributed by atoms with van der Waals surface area (Å²) in [6.45, 7) is 2.04. The number of amides is 3. The highest BCUT2D eigenvalue weighted by molar-refractivity contribution is 5.99. The highest BCUT2D eigenvalue weighted by Gasteiger charge is 2.50. The van der Waals surface area contributed by atoms with Gasteiger partial charge in [0.25, 0.3) is 0 Å². The molecule has 0 bridgehead atoms. The number of carbonyl (C=O) groups excluding carboxylic acids is 2. The lowest BCUT2D eigenvalue weighted by Gasteiger charge is -2.50. The molecule has 5 atom stereocenters. The zero-order valence-electron chi connectivity index (χ0n) is 12.1. The summed E-state index contributed by atoms with van der Waals surface area (Å²) >= 11 is 0. The number of nitrogens with two attached hydrogens (primary N) is 1. The van der Waals surface area contributed by atoms with Crippen LogP contribution in [-0.4, -0.2) is 42.1 Å². The van der Waals surface area contributed by atoms with Gasteiger partial charge >= 0.3 is 6.03 Å². The van der Waals surface area contributed by atoms with Crippen molar-refractivity contribution in [2.24, 2.45) is 11.7 Å². The molecule has 1 aromatic rings. The summed E-state index contributed by atoms with van der Waals surface area (Å²) in [5.74, 6) is -0.718. The standard InChI is InChI=1S/C15H20N4O2/c1-8-10(9-6-4-3-5-7-9)12(16)11-13(17-8)19(2)15(21)18-14(11)20/h3-8,10-13,17H,16H2,1-2H3,(H,18,20,21). The summed E-state index contributed by atoms with van der Waals surface area (Å²) in [4.78, 5) is 25.5. The lowest BCUT2D eigenvalue weighted by molar-refractivity contribution is -0.131. The predicted octanol–water partition coefficient (Wildman–Crippen LogP) is 0.213. The largest absolute Gasteiger partial charge is 0.326 e. The molecule has 112 valence electrons. The smallest absolute Gasteiger partial charge is 0.325 e. The molecule has 2 saturated heterocycles. The zero-order valence-corrected chi connectivity index (χ0v) is 12.1. The van der Waals surface area contributed by atoms with Crippen molar-refractivity contribution in [1.82, 2.24) is 15.5 Å². The molecule has 2 aliphatic heterocycles. The van der Waals surface area contributed by atoms with E-state index in [4.69, 9.17) is 5.73 Å². The van der Waals surface area contributed by atoms with Gasteiger partial charge in [0, 0.05) is 25.0 Å². The topological polar surface area (TPSA) is 87.5 Å². The number of fused-ring (bicyclic) bond motifs is 1. The van der Waals surface area contributed by atoms with Gasteiger partial charge in [0.1, 0.15) is 0 Å². The molecular weight excluding hydrogens is 268 g/mol. The third-order valence-corrected chi connectivity index (χ3v) is 4.60. The normalized spacial score (nSPS) is 36.1. The van der Waals surface area contributed by atoms with Gasteiger partial charge in [-0.1, -0.05) is 30.3 Å². The van der Waals surface area contributed by atoms with Gasteiger partial charge in [-0.05, 0) is 12.5 Å². The molecule has 0 radical (unpaired) electrons. The van der Waals surface area contributed by atoms with Crippen LogP contribution in [0.3, 0.4) is 0 Å². The number of piperidine rings is 1. The molecule has 21 heavy (non-hydrogen) atoms. The fourth-order valence-corrected chi connectivity index (χ4v) is 3.50. The quantitative estimate of drug-likeness (QED) is 0.689. The van der Waals surface area contributed by atoms with Crippen LogP contribution in [-0.2, 0) is 4.79 Å². The maximum absolute atomic E-state index is 12.2. The highest BCUT2D eigenvalue weighted by Crippen LogP contribution is 2.34. The van der Waals surface area contributed by atoms with E-state index in [2.05, 4.69) is 10.6 Å². The maximum Gasteiger partial charge on any atom is 0.325 e. The van der Waals surface area contributed by atoms with Gasteiger partial charge in [0.2, 0.25) is 5.91 Å². The SMILES string of the molecule is CC1NC2C(C(=O)NC(=O)N2C)C(N)C1c1ccccc1. The summed E-state index contributed by atoms with van der Waals surface area (Å²) in [5, 5.41) is 5.75. The van der Waals surface area contributed by atoms with Crippen LogP contribution >= 0.6 is 0 Å². The molecule has 3 rings (SSSR count). The lowest BCUT2D eigenvalue weighted by Crippen LogP contribution is -2.73. The van der Waals surface area contributed by atoms with Crippen molar-refractivity contribution in [2.45, 2.75) is 31.1 Å². The third-order valence-electron chi connectivity index (χ3n) is 4.60. The molecular formula is C15H20N4O2. The van der Waals surface area contributed by atoms with Gasteiger partial charge in [0.15, 0.2) is 0 Å². The molecule has 1 aromatic carbocycles. The maximum atomic E-state index is 12.2. The van der Waals surface area contributed by atoms with E-state index in [9.17, 15) is 9.59 Å². The van der Waals surface area contributed by atoms with Crippen LogP contribution in [0.1, 0.15) is 18.4 Å². The van der Waals surface area contributed by atoms with E-state index >= 15 is 0 Å². The number of carbonyl (C=O) groups is 2. The van der Waals surface area contributed by atoms with Crippen molar-refractivity contribution >= 4 is 11.9 Å². The fourth-order valence-electron chi connectivity index (χ4n) is 3.50. The van der Waals surface area contributed by atoms with Crippen molar-refractivity contribution in [1.29, 1.82) is 0 Å². The van der Waals surface area contributed by atoms with Gasteiger partial charge < -0.3 is 10.6 Å². The Balaban J connectivity index is 1.95. The monoisotopic (exact) mass is 288 g/mol. The van der Waals surface area contributed by atoms with Crippen molar-refractivity contribution in [3.8, 4) is 0 Å². The number of hydrogen-bond acceptors (Lipinski definition) is 4. The van der Waals surface area contributed by atoms with E-state index in [-0.39, 0.29) is 36.1 Å². The van der Waals surface area contributed by atoms with Gasteiger partial charge in [-0.3, -0.25) is 15.4 Å². The second kappa shape index (κ2) is 5.13. The first kappa shape index (κ1) is 14.0. The number of imide groups is 1. The van der Waals surface area contributed by atoms with Crippen LogP contribution < -0.4 is 16.4 Å². The summed E-state index contributed by atoms with van der Waals surface area (Å²) in [5.41, 5.74) is 7.52. The first-order valence-corrected chi connectivity index (χ1v) is 7.15. The molecule has 0 aliphatic carbocycles. The average molecular weight is 288 g/mol. The Morgan fingerprint density at radius 1 is 1.14 bits per heavy atom. The molecule has 2 aliphatic rings. The van der Waals surface area contributed by atoms with Crippen molar-refractivity contribution in [3.63, 3.8) is 0 Å². The van der Waals surface area contributed by atoms with Crippen LogP contribution in [0.25, 0.3) is 0 Å². The third kappa shape index (κ3) is 2.20. The minimum Gasteiger partial charge on any atom is -0.326 e. The molecule has 2 fully saturated rings. The van der Waals surface area contributed by atoms with Crippen molar-refractivity contribution in [3.05, 3.63) is 35.9 Å². The van der Waals surface area contributed by atoms with Crippen LogP contribution in [0.4, 0.5) is 4.79 Å². The summed E-state index contributed by atoms with van der Waals surface area (Å²) in [6.07, 6.45) is -0.351. The van der Waals surface area contributed by atoms with Gasteiger partial charge in [-0.15, -0.1) is 0 Å². The van der Waals surface area contributed by atoms with E-state index in [1.165, 1.54) is 4.90 Å². The molecule has 2 heterocycles. The number of nitrogens with zero attached hydrogens (tertiary/aromatic N) is 1. The number of nitrogens with one attached hydrogen (secondary N) is 2. The van der Waals surface area contributed by atoms with Gasteiger partial charge in [0.05, 0.1) is 12.1 Å². The Bertz CT molecular complexity index is 562. The van der Waals surface area contributed by atoms with E-state index in [0.717, 1.165) is 5.56 Å². The Hall–Kier alpha value is -1.92. The predicted molar refractivity (Wildman–Crippen MR) is 78.3 cm³/mol. The van der Waals surface area contributed by atoms with Crippen LogP contribution in [0.5, 0.6) is 0 Å². The molecule has 0 saturated carbocycles. The van der Waals surface area contributed by atoms with E-state index in [1.54, 1.807) is 7.05 Å². The van der Waals surface area contributed by atoms with Crippen molar-refractivity contribution < 1.29 is 9.59 Å². The van der Waals surface area contributed by atoms with E-state index in [0.29, 0.717) is 0 Å². The average Bonchev–Trinajstić information content (AvgIpc) is 2.45. The molecule has 5 unspecified atom stereocenters. The van der Waals surface area contributed by atoms with Gasteiger partial charge in [-0.2, -0.15) is 0 Å². The second-order valence-electron chi connectivity index (χ2n) is 5.85. The molecule has 6 nitrogen and oxygen atoms in total. The molecule has 3 amide bonds.